The minimum Gasteiger partial charge on any atom is -0.399 e. The molecule has 0 atom stereocenters. The van der Waals surface area contributed by atoms with Gasteiger partial charge in [0.2, 0.25) is 0 Å². The van der Waals surface area contributed by atoms with Gasteiger partial charge < -0.3 is 5.73 Å². The number of halogens is 3. The van der Waals surface area contributed by atoms with Gasteiger partial charge in [-0.1, -0.05) is 13.8 Å². The molecule has 0 fully saturated rings. The van der Waals surface area contributed by atoms with E-state index in [0.29, 0.717) is 5.69 Å². The highest BCUT2D eigenvalue weighted by molar-refractivity contribution is 5.51. The van der Waals surface area contributed by atoms with Gasteiger partial charge in [0, 0.05) is 11.9 Å². The molecule has 1 heterocycles. The van der Waals surface area contributed by atoms with Gasteiger partial charge in [-0.2, -0.15) is 18.3 Å². The minimum atomic E-state index is -4.42. The van der Waals surface area contributed by atoms with Crippen LogP contribution in [-0.2, 0) is 6.18 Å². The first-order valence-corrected chi connectivity index (χ1v) is 5.81. The van der Waals surface area contributed by atoms with Crippen LogP contribution in [0, 0.1) is 0 Å². The quantitative estimate of drug-likeness (QED) is 0.846. The molecule has 3 nitrogen and oxygen atoms in total. The molecule has 0 radical (unpaired) electrons. The van der Waals surface area contributed by atoms with E-state index in [1.165, 1.54) is 10.7 Å². The largest absolute Gasteiger partial charge is 0.416 e. The van der Waals surface area contributed by atoms with Crippen molar-refractivity contribution in [2.45, 2.75) is 25.9 Å². The zero-order chi connectivity index (χ0) is 14.2. The van der Waals surface area contributed by atoms with Crippen molar-refractivity contribution in [3.63, 3.8) is 0 Å². The lowest BCUT2D eigenvalue weighted by Crippen LogP contribution is -2.08. The molecular weight excluding hydrogens is 255 g/mol. The lowest BCUT2D eigenvalue weighted by molar-refractivity contribution is -0.137. The Morgan fingerprint density at radius 3 is 2.42 bits per heavy atom. The van der Waals surface area contributed by atoms with Crippen LogP contribution < -0.4 is 5.73 Å². The zero-order valence-corrected chi connectivity index (χ0v) is 10.6. The Kier molecular flexibility index (Phi) is 3.26. The fourth-order valence-electron chi connectivity index (χ4n) is 1.72. The highest BCUT2D eigenvalue weighted by atomic mass is 19.4. The molecular formula is C13H14F3N3. The summed E-state index contributed by atoms with van der Waals surface area (Å²) in [5.74, 6) is 0.212. The topological polar surface area (TPSA) is 43.8 Å². The number of aromatic nitrogens is 2. The molecule has 2 N–H and O–H groups in total. The minimum absolute atomic E-state index is 0.0615. The van der Waals surface area contributed by atoms with E-state index in [-0.39, 0.29) is 11.6 Å². The van der Waals surface area contributed by atoms with Crippen molar-refractivity contribution in [3.05, 3.63) is 41.7 Å². The molecule has 0 aliphatic rings. The number of anilines is 1. The average Bonchev–Trinajstić information content (AvgIpc) is 2.76. The molecule has 0 aliphatic heterocycles. The second-order valence-electron chi connectivity index (χ2n) is 4.65. The first kappa shape index (κ1) is 13.5. The third-order valence-electron chi connectivity index (χ3n) is 2.73. The number of benzene rings is 1. The van der Waals surface area contributed by atoms with Crippen LogP contribution in [0.25, 0.3) is 5.69 Å². The third-order valence-corrected chi connectivity index (χ3v) is 2.73. The molecule has 0 aliphatic carbocycles. The number of nitrogens with zero attached hydrogens (tertiary/aromatic N) is 2. The molecule has 0 bridgehead atoms. The predicted molar refractivity (Wildman–Crippen MR) is 67.1 cm³/mol. The van der Waals surface area contributed by atoms with Gasteiger partial charge in [0.05, 0.1) is 16.9 Å². The summed E-state index contributed by atoms with van der Waals surface area (Å²) in [6.07, 6.45) is -2.79. The second-order valence-corrected chi connectivity index (χ2v) is 4.65. The molecule has 2 rings (SSSR count). The van der Waals surface area contributed by atoms with Crippen molar-refractivity contribution in [2.24, 2.45) is 0 Å². The van der Waals surface area contributed by atoms with Crippen molar-refractivity contribution < 1.29 is 13.2 Å². The fraction of sp³-hybridized carbons (Fsp3) is 0.308. The Bertz CT molecular complexity index is 585. The third kappa shape index (κ3) is 2.89. The molecule has 102 valence electrons. The molecule has 6 heteroatoms. The van der Waals surface area contributed by atoms with Crippen molar-refractivity contribution in [3.8, 4) is 5.69 Å². The van der Waals surface area contributed by atoms with Gasteiger partial charge >= 0.3 is 6.18 Å². The van der Waals surface area contributed by atoms with Gasteiger partial charge in [0.1, 0.15) is 0 Å². The Hall–Kier alpha value is -1.98. The summed E-state index contributed by atoms with van der Waals surface area (Å²) in [6.45, 7) is 3.93. The predicted octanol–water partition coefficient (Wildman–Crippen LogP) is 3.60. The van der Waals surface area contributed by atoms with Crippen molar-refractivity contribution in [2.75, 3.05) is 5.73 Å². The number of hydrogen-bond donors (Lipinski definition) is 1. The van der Waals surface area contributed by atoms with Gasteiger partial charge in [0.15, 0.2) is 0 Å². The van der Waals surface area contributed by atoms with Crippen LogP contribution in [0.5, 0.6) is 0 Å². The Labute approximate surface area is 108 Å². The van der Waals surface area contributed by atoms with E-state index >= 15 is 0 Å². The van der Waals surface area contributed by atoms with E-state index < -0.39 is 11.7 Å². The van der Waals surface area contributed by atoms with Crippen LogP contribution >= 0.6 is 0 Å². The molecule has 0 amide bonds. The van der Waals surface area contributed by atoms with Gasteiger partial charge in [-0.15, -0.1) is 0 Å². The van der Waals surface area contributed by atoms with Crippen LogP contribution in [-0.4, -0.2) is 9.78 Å². The van der Waals surface area contributed by atoms with Gasteiger partial charge in [-0.3, -0.25) is 0 Å². The van der Waals surface area contributed by atoms with Gasteiger partial charge in [0.25, 0.3) is 0 Å². The molecule has 2 aromatic rings. The molecule has 0 unspecified atom stereocenters. The van der Waals surface area contributed by atoms with Crippen LogP contribution in [0.4, 0.5) is 18.9 Å². The van der Waals surface area contributed by atoms with Crippen LogP contribution in [0.15, 0.2) is 30.5 Å². The maximum absolute atomic E-state index is 12.7. The summed E-state index contributed by atoms with van der Waals surface area (Å²) in [7, 11) is 0. The number of hydrogen-bond acceptors (Lipinski definition) is 2. The normalized spacial score (nSPS) is 12.1. The molecule has 0 saturated heterocycles. The second kappa shape index (κ2) is 4.60. The van der Waals surface area contributed by atoms with Crippen LogP contribution in [0.2, 0.25) is 0 Å². The molecule has 0 saturated carbocycles. The zero-order valence-electron chi connectivity index (χ0n) is 10.6. The maximum Gasteiger partial charge on any atom is 0.416 e. The maximum atomic E-state index is 12.7. The van der Waals surface area contributed by atoms with Crippen LogP contribution in [0.3, 0.4) is 0 Å². The summed E-state index contributed by atoms with van der Waals surface area (Å²) < 4.78 is 39.5. The number of alkyl halides is 3. The van der Waals surface area contributed by atoms with Gasteiger partial charge in [-0.05, 0) is 30.2 Å². The average molecular weight is 269 g/mol. The van der Waals surface area contributed by atoms with Crippen molar-refractivity contribution >= 4 is 5.69 Å². The first-order chi connectivity index (χ1) is 8.77. The van der Waals surface area contributed by atoms with Gasteiger partial charge in [-0.25, -0.2) is 4.68 Å². The summed E-state index contributed by atoms with van der Waals surface area (Å²) in [4.78, 5) is 0. The van der Waals surface area contributed by atoms with E-state index in [2.05, 4.69) is 5.10 Å². The summed E-state index contributed by atoms with van der Waals surface area (Å²) >= 11 is 0. The molecule has 1 aromatic heterocycles. The molecule has 19 heavy (non-hydrogen) atoms. The summed E-state index contributed by atoms with van der Waals surface area (Å²) in [6, 6.07) is 5.19. The van der Waals surface area contributed by atoms with Crippen molar-refractivity contribution in [1.29, 1.82) is 0 Å². The number of nitrogen functional groups attached to an aromatic ring is 1. The Morgan fingerprint density at radius 1 is 1.21 bits per heavy atom. The van der Waals surface area contributed by atoms with Crippen molar-refractivity contribution in [1.82, 2.24) is 9.78 Å². The SMILES string of the molecule is CC(C)c1ccn(-c2cc(N)cc(C(F)(F)F)c2)n1. The van der Waals surface area contributed by atoms with E-state index in [9.17, 15) is 13.2 Å². The number of nitrogens with two attached hydrogens (primary N) is 1. The number of rotatable bonds is 2. The van der Waals surface area contributed by atoms with Crippen LogP contribution in [0.1, 0.15) is 31.0 Å². The Balaban J connectivity index is 2.47. The smallest absolute Gasteiger partial charge is 0.399 e. The summed E-state index contributed by atoms with van der Waals surface area (Å²) in [5, 5.41) is 4.24. The highest BCUT2D eigenvalue weighted by Crippen LogP contribution is 2.32. The summed E-state index contributed by atoms with van der Waals surface area (Å²) in [5.41, 5.74) is 5.93. The van der Waals surface area contributed by atoms with E-state index in [0.717, 1.165) is 17.8 Å². The fourth-order valence-corrected chi connectivity index (χ4v) is 1.72. The standard InChI is InChI=1S/C13H14F3N3/c1-8(2)12-3-4-19(18-12)11-6-9(13(14,15)16)5-10(17)7-11/h3-8H,17H2,1-2H3. The lowest BCUT2D eigenvalue weighted by atomic mass is 10.1. The first-order valence-electron chi connectivity index (χ1n) is 5.81. The highest BCUT2D eigenvalue weighted by Gasteiger charge is 2.31. The van der Waals surface area contributed by atoms with E-state index in [1.54, 1.807) is 12.3 Å². The molecule has 1 aromatic carbocycles. The Morgan fingerprint density at radius 2 is 1.89 bits per heavy atom. The monoisotopic (exact) mass is 269 g/mol. The molecule has 0 spiro atoms. The van der Waals surface area contributed by atoms with E-state index in [4.69, 9.17) is 5.73 Å². The lowest BCUT2D eigenvalue weighted by Gasteiger charge is -2.10. The van der Waals surface area contributed by atoms with E-state index in [1.807, 2.05) is 13.8 Å².